The van der Waals surface area contributed by atoms with Crippen LogP contribution >= 0.6 is 0 Å². The number of pyridine rings is 1. The molecule has 0 saturated carbocycles. The van der Waals surface area contributed by atoms with Crippen LogP contribution in [0, 0.1) is 0 Å². The standard InChI is InChI=1S/C22H18N4O5/c23-18-9-8-16-21(25-18)26(22(28)20(31-16)13-4-2-1-3-5-13)11-19(27)24-14-6-7-15-17(10-14)30-12-29-15/h1-10,20H,11-12H2,(H2,23,25)(H,24,27). The summed E-state index contributed by atoms with van der Waals surface area (Å²) in [6, 6.07) is 17.4. The maximum absolute atomic E-state index is 13.2. The molecular formula is C22H18N4O5. The topological polar surface area (TPSA) is 116 Å². The molecule has 0 bridgehead atoms. The van der Waals surface area contributed by atoms with Crippen LogP contribution in [0.25, 0.3) is 0 Å². The molecule has 0 fully saturated rings. The van der Waals surface area contributed by atoms with Crippen molar-refractivity contribution in [3.8, 4) is 17.2 Å². The van der Waals surface area contributed by atoms with Gasteiger partial charge < -0.3 is 25.3 Å². The van der Waals surface area contributed by atoms with Crippen LogP contribution < -0.4 is 30.2 Å². The van der Waals surface area contributed by atoms with E-state index in [1.54, 1.807) is 42.5 Å². The molecule has 2 aliphatic rings. The van der Waals surface area contributed by atoms with Crippen molar-refractivity contribution in [1.29, 1.82) is 0 Å². The van der Waals surface area contributed by atoms with Gasteiger partial charge in [0.2, 0.25) is 18.8 Å². The van der Waals surface area contributed by atoms with Crippen LogP contribution in [0.3, 0.4) is 0 Å². The predicted molar refractivity (Wildman–Crippen MR) is 112 cm³/mol. The molecule has 9 heteroatoms. The number of anilines is 3. The summed E-state index contributed by atoms with van der Waals surface area (Å²) >= 11 is 0. The van der Waals surface area contributed by atoms with Crippen LogP contribution in [0.4, 0.5) is 17.3 Å². The maximum Gasteiger partial charge on any atom is 0.274 e. The molecule has 0 aliphatic carbocycles. The van der Waals surface area contributed by atoms with Crippen LogP contribution in [-0.4, -0.2) is 30.1 Å². The number of carbonyl (C=O) groups excluding carboxylic acids is 2. The largest absolute Gasteiger partial charge is 0.472 e. The number of amides is 2. The molecule has 1 unspecified atom stereocenters. The van der Waals surface area contributed by atoms with E-state index in [1.165, 1.54) is 4.90 Å². The number of hydrogen-bond acceptors (Lipinski definition) is 7. The summed E-state index contributed by atoms with van der Waals surface area (Å²) in [5, 5.41) is 2.77. The smallest absolute Gasteiger partial charge is 0.274 e. The van der Waals surface area contributed by atoms with E-state index in [-0.39, 0.29) is 25.0 Å². The second-order valence-electron chi connectivity index (χ2n) is 7.01. The Bertz CT molecular complexity index is 1170. The molecule has 5 rings (SSSR count). The van der Waals surface area contributed by atoms with Crippen LogP contribution in [0.1, 0.15) is 11.7 Å². The van der Waals surface area contributed by atoms with Crippen molar-refractivity contribution in [2.24, 2.45) is 0 Å². The summed E-state index contributed by atoms with van der Waals surface area (Å²) in [5.74, 6) is 1.14. The molecule has 1 atom stereocenters. The Morgan fingerprint density at radius 1 is 1.06 bits per heavy atom. The minimum absolute atomic E-state index is 0.139. The summed E-state index contributed by atoms with van der Waals surface area (Å²) in [4.78, 5) is 31.5. The Balaban J connectivity index is 1.41. The Labute approximate surface area is 177 Å². The van der Waals surface area contributed by atoms with E-state index in [1.807, 2.05) is 18.2 Å². The monoisotopic (exact) mass is 418 g/mol. The first-order valence-corrected chi connectivity index (χ1v) is 9.57. The van der Waals surface area contributed by atoms with Crippen molar-refractivity contribution in [2.75, 3.05) is 29.3 Å². The first kappa shape index (κ1) is 18.7. The van der Waals surface area contributed by atoms with E-state index in [0.29, 0.717) is 28.5 Å². The number of nitrogens with one attached hydrogen (secondary N) is 1. The summed E-state index contributed by atoms with van der Waals surface area (Å²) in [6.07, 6.45) is -0.891. The van der Waals surface area contributed by atoms with Crippen molar-refractivity contribution in [2.45, 2.75) is 6.10 Å². The quantitative estimate of drug-likeness (QED) is 0.669. The van der Waals surface area contributed by atoms with Gasteiger partial charge in [-0.15, -0.1) is 0 Å². The average Bonchev–Trinajstić information content (AvgIpc) is 3.24. The number of ether oxygens (including phenoxy) is 3. The van der Waals surface area contributed by atoms with Crippen molar-refractivity contribution in [3.05, 3.63) is 66.2 Å². The van der Waals surface area contributed by atoms with Gasteiger partial charge in [-0.05, 0) is 24.3 Å². The van der Waals surface area contributed by atoms with Crippen molar-refractivity contribution < 1.29 is 23.8 Å². The van der Waals surface area contributed by atoms with Crippen LogP contribution in [-0.2, 0) is 9.59 Å². The van der Waals surface area contributed by atoms with Gasteiger partial charge in [0.1, 0.15) is 12.4 Å². The molecule has 31 heavy (non-hydrogen) atoms. The number of nitrogen functional groups attached to an aromatic ring is 1. The Morgan fingerprint density at radius 3 is 2.68 bits per heavy atom. The van der Waals surface area contributed by atoms with Gasteiger partial charge in [0.15, 0.2) is 23.1 Å². The highest BCUT2D eigenvalue weighted by molar-refractivity contribution is 6.06. The zero-order valence-electron chi connectivity index (χ0n) is 16.3. The third-order valence-electron chi connectivity index (χ3n) is 4.91. The van der Waals surface area contributed by atoms with Crippen LogP contribution in [0.15, 0.2) is 60.7 Å². The Morgan fingerprint density at radius 2 is 1.84 bits per heavy atom. The molecule has 0 saturated heterocycles. The van der Waals surface area contributed by atoms with Gasteiger partial charge in [0.25, 0.3) is 5.91 Å². The molecule has 2 aliphatic heterocycles. The fraction of sp³-hybridized carbons (Fsp3) is 0.136. The molecule has 0 spiro atoms. The van der Waals surface area contributed by atoms with Gasteiger partial charge in [-0.2, -0.15) is 0 Å². The van der Waals surface area contributed by atoms with Gasteiger partial charge in [-0.25, -0.2) is 4.98 Å². The average molecular weight is 418 g/mol. The van der Waals surface area contributed by atoms with E-state index in [2.05, 4.69) is 10.3 Å². The SMILES string of the molecule is Nc1ccc2c(n1)N(CC(=O)Nc1ccc3c(c1)OCO3)C(=O)C(c1ccccc1)O2. The fourth-order valence-electron chi connectivity index (χ4n) is 3.47. The number of aromatic nitrogens is 1. The summed E-state index contributed by atoms with van der Waals surface area (Å²) in [7, 11) is 0. The van der Waals surface area contributed by atoms with Crippen molar-refractivity contribution >= 4 is 29.1 Å². The predicted octanol–water partition coefficient (Wildman–Crippen LogP) is 2.50. The van der Waals surface area contributed by atoms with E-state index < -0.39 is 17.9 Å². The number of fused-ring (bicyclic) bond motifs is 2. The number of rotatable bonds is 4. The molecule has 9 nitrogen and oxygen atoms in total. The second kappa shape index (κ2) is 7.52. The summed E-state index contributed by atoms with van der Waals surface area (Å²) < 4.78 is 16.5. The van der Waals surface area contributed by atoms with Crippen molar-refractivity contribution in [3.63, 3.8) is 0 Å². The summed E-state index contributed by atoms with van der Waals surface area (Å²) in [6.45, 7) is -0.122. The first-order valence-electron chi connectivity index (χ1n) is 9.57. The summed E-state index contributed by atoms with van der Waals surface area (Å²) in [5.41, 5.74) is 7.01. The van der Waals surface area contributed by atoms with Gasteiger partial charge in [-0.1, -0.05) is 30.3 Å². The lowest BCUT2D eigenvalue weighted by atomic mass is 10.1. The molecule has 2 amide bonds. The number of nitrogens with two attached hydrogens (primary N) is 1. The minimum Gasteiger partial charge on any atom is -0.472 e. The van der Waals surface area contributed by atoms with Crippen molar-refractivity contribution in [1.82, 2.24) is 4.98 Å². The normalized spacial score (nSPS) is 16.5. The lowest BCUT2D eigenvalue weighted by Gasteiger charge is -2.33. The number of nitrogens with zero attached hydrogens (tertiary/aromatic N) is 2. The molecule has 3 heterocycles. The third-order valence-corrected chi connectivity index (χ3v) is 4.91. The number of hydrogen-bond donors (Lipinski definition) is 2. The zero-order valence-corrected chi connectivity index (χ0v) is 16.3. The minimum atomic E-state index is -0.891. The van der Waals surface area contributed by atoms with Crippen LogP contribution in [0.5, 0.6) is 17.2 Å². The highest BCUT2D eigenvalue weighted by atomic mass is 16.7. The maximum atomic E-state index is 13.2. The third kappa shape index (κ3) is 3.57. The second-order valence-corrected chi connectivity index (χ2v) is 7.01. The lowest BCUT2D eigenvalue weighted by molar-refractivity contribution is -0.128. The fourth-order valence-corrected chi connectivity index (χ4v) is 3.47. The Hall–Kier alpha value is -4.27. The zero-order chi connectivity index (χ0) is 21.4. The van der Waals surface area contributed by atoms with E-state index in [0.717, 1.165) is 0 Å². The van der Waals surface area contributed by atoms with Gasteiger partial charge in [0.05, 0.1) is 0 Å². The highest BCUT2D eigenvalue weighted by Gasteiger charge is 2.37. The Kier molecular flexibility index (Phi) is 4.55. The molecular weight excluding hydrogens is 400 g/mol. The van der Waals surface area contributed by atoms with E-state index >= 15 is 0 Å². The van der Waals surface area contributed by atoms with E-state index in [4.69, 9.17) is 19.9 Å². The molecule has 0 radical (unpaired) electrons. The number of carbonyl (C=O) groups is 2. The van der Waals surface area contributed by atoms with Gasteiger partial charge in [-0.3, -0.25) is 14.5 Å². The molecule has 156 valence electrons. The van der Waals surface area contributed by atoms with E-state index in [9.17, 15) is 9.59 Å². The van der Waals surface area contributed by atoms with Gasteiger partial charge in [0, 0.05) is 17.3 Å². The highest BCUT2D eigenvalue weighted by Crippen LogP contribution is 2.38. The number of benzene rings is 2. The molecule has 2 aromatic carbocycles. The first-order chi connectivity index (χ1) is 15.1. The van der Waals surface area contributed by atoms with Gasteiger partial charge >= 0.3 is 0 Å². The molecule has 3 aromatic rings. The lowest BCUT2D eigenvalue weighted by Crippen LogP contribution is -2.45. The van der Waals surface area contributed by atoms with Crippen LogP contribution in [0.2, 0.25) is 0 Å². The molecule has 1 aromatic heterocycles. The molecule has 3 N–H and O–H groups in total.